The molecule has 3 heteroatoms. The smallest absolute Gasteiger partial charge is 0.228 e. The number of carbonyl (C=O) groups is 1. The SMILES string of the molecule is O=C(Br)CF. The molecule has 30 valence electrons. The highest BCUT2D eigenvalue weighted by Gasteiger charge is 1.84. The lowest BCUT2D eigenvalue weighted by molar-refractivity contribution is -0.111. The maximum Gasteiger partial charge on any atom is 0.228 e. The normalized spacial score (nSPS) is 7.60. The highest BCUT2D eigenvalue weighted by molar-refractivity contribution is 9.18. The van der Waals surface area contributed by atoms with Crippen LogP contribution in [0.25, 0.3) is 0 Å². The second kappa shape index (κ2) is 2.33. The highest BCUT2D eigenvalue weighted by Crippen LogP contribution is 1.80. The first kappa shape index (κ1) is 5.08. The van der Waals surface area contributed by atoms with Gasteiger partial charge < -0.3 is 0 Å². The zero-order valence-corrected chi connectivity index (χ0v) is 3.96. The first-order valence-corrected chi connectivity index (χ1v) is 1.81. The van der Waals surface area contributed by atoms with Crippen molar-refractivity contribution in [3.8, 4) is 0 Å². The second-order valence-corrected chi connectivity index (χ2v) is 1.37. The van der Waals surface area contributed by atoms with Gasteiger partial charge in [0.1, 0.15) is 0 Å². The van der Waals surface area contributed by atoms with E-state index >= 15 is 0 Å². The van der Waals surface area contributed by atoms with E-state index in [1.165, 1.54) is 0 Å². The molecule has 0 aliphatic heterocycles. The van der Waals surface area contributed by atoms with E-state index in [1.54, 1.807) is 0 Å². The Morgan fingerprint density at radius 2 is 2.20 bits per heavy atom. The van der Waals surface area contributed by atoms with E-state index in [0.29, 0.717) is 0 Å². The van der Waals surface area contributed by atoms with Crippen LogP contribution in [0.4, 0.5) is 4.39 Å². The van der Waals surface area contributed by atoms with E-state index in [2.05, 4.69) is 15.9 Å². The molecule has 5 heavy (non-hydrogen) atoms. The summed E-state index contributed by atoms with van der Waals surface area (Å²) in [7, 11) is 0. The van der Waals surface area contributed by atoms with Crippen molar-refractivity contribution in [2.75, 3.05) is 6.67 Å². The van der Waals surface area contributed by atoms with Crippen LogP contribution in [-0.4, -0.2) is 11.4 Å². The molecule has 1 nitrogen and oxygen atoms in total. The van der Waals surface area contributed by atoms with Crippen LogP contribution < -0.4 is 0 Å². The summed E-state index contributed by atoms with van der Waals surface area (Å²) >= 11 is 2.36. The van der Waals surface area contributed by atoms with Gasteiger partial charge in [-0.2, -0.15) is 0 Å². The summed E-state index contributed by atoms with van der Waals surface area (Å²) in [5.74, 6) is 0. The second-order valence-electron chi connectivity index (χ2n) is 0.489. The van der Waals surface area contributed by atoms with Crippen LogP contribution in [0.3, 0.4) is 0 Å². The maximum absolute atomic E-state index is 10.7. The number of halogens is 2. The minimum atomic E-state index is -0.917. The predicted molar refractivity (Wildman–Crippen MR) is 19.9 cm³/mol. The number of hydrogen-bond donors (Lipinski definition) is 0. The van der Waals surface area contributed by atoms with Crippen LogP contribution in [0.2, 0.25) is 0 Å². The maximum atomic E-state index is 10.7. The Kier molecular flexibility index (Phi) is 2.36. The molecule has 0 atom stereocenters. The molecule has 0 radical (unpaired) electrons. The average molecular weight is 141 g/mol. The lowest BCUT2D eigenvalue weighted by atomic mass is 10.9. The van der Waals surface area contributed by atoms with Gasteiger partial charge in [-0.15, -0.1) is 0 Å². The molecule has 0 spiro atoms. The number of carbonyl (C=O) groups excluding carboxylic acids is 1. The quantitative estimate of drug-likeness (QED) is 0.495. The number of alkyl halides is 1. The van der Waals surface area contributed by atoms with E-state index in [0.717, 1.165) is 0 Å². The van der Waals surface area contributed by atoms with Crippen molar-refractivity contribution in [1.29, 1.82) is 0 Å². The first-order chi connectivity index (χ1) is 2.27. The molecule has 0 aromatic heterocycles. The minimum absolute atomic E-state index is 0.600. The van der Waals surface area contributed by atoms with Gasteiger partial charge in [0.15, 0.2) is 6.67 Å². The summed E-state index contributed by atoms with van der Waals surface area (Å²) in [6.07, 6.45) is 0. The fourth-order valence-electron chi connectivity index (χ4n) is 0. The third-order valence-electron chi connectivity index (χ3n) is 0.105. The summed E-state index contributed by atoms with van der Waals surface area (Å²) < 4.78 is 10.1. The Balaban J connectivity index is 2.85. The molecular formula is C2H2BrFO. The molecule has 0 unspecified atom stereocenters. The highest BCUT2D eigenvalue weighted by atomic mass is 79.9. The minimum Gasteiger partial charge on any atom is -0.284 e. The van der Waals surface area contributed by atoms with Crippen molar-refractivity contribution in [3.05, 3.63) is 0 Å². The third-order valence-corrected chi connectivity index (χ3v) is 0.317. The molecule has 0 aliphatic carbocycles. The van der Waals surface area contributed by atoms with Gasteiger partial charge in [0.2, 0.25) is 4.69 Å². The zero-order chi connectivity index (χ0) is 4.28. The molecule has 0 N–H and O–H groups in total. The summed E-state index contributed by atoms with van der Waals surface area (Å²) in [5, 5.41) is 0. The fourth-order valence-corrected chi connectivity index (χ4v) is 0. The molecule has 0 rings (SSSR count). The lowest BCUT2D eigenvalue weighted by Gasteiger charge is -1.65. The van der Waals surface area contributed by atoms with Crippen molar-refractivity contribution < 1.29 is 9.18 Å². The Morgan fingerprint density at radius 3 is 2.20 bits per heavy atom. The monoisotopic (exact) mass is 140 g/mol. The van der Waals surface area contributed by atoms with Gasteiger partial charge in [0.05, 0.1) is 0 Å². The molecular weight excluding hydrogens is 139 g/mol. The van der Waals surface area contributed by atoms with E-state index in [1.807, 2.05) is 0 Å². The number of hydrogen-bond acceptors (Lipinski definition) is 1. The van der Waals surface area contributed by atoms with Crippen molar-refractivity contribution in [3.63, 3.8) is 0 Å². The Labute approximate surface area is 37.3 Å². The predicted octanol–water partition coefficient (Wildman–Crippen LogP) is 0.877. The van der Waals surface area contributed by atoms with E-state index in [-0.39, 0.29) is 0 Å². The number of rotatable bonds is 1. The lowest BCUT2D eigenvalue weighted by Crippen LogP contribution is -1.81. The van der Waals surface area contributed by atoms with Crippen LogP contribution >= 0.6 is 15.9 Å². The van der Waals surface area contributed by atoms with E-state index in [9.17, 15) is 9.18 Å². The van der Waals surface area contributed by atoms with Gasteiger partial charge in [-0.25, -0.2) is 4.39 Å². The Morgan fingerprint density at radius 1 is 2.00 bits per heavy atom. The molecule has 0 amide bonds. The molecule has 0 saturated heterocycles. The molecule has 0 bridgehead atoms. The molecule has 0 aromatic carbocycles. The topological polar surface area (TPSA) is 17.1 Å². The first-order valence-electron chi connectivity index (χ1n) is 1.01. The largest absolute Gasteiger partial charge is 0.284 e. The fraction of sp³-hybridized carbons (Fsp3) is 0.500. The van der Waals surface area contributed by atoms with Crippen molar-refractivity contribution in [2.45, 2.75) is 0 Å². The molecule has 0 aromatic rings. The summed E-state index contributed by atoms with van der Waals surface area (Å²) in [6.45, 7) is -0.917. The molecule has 0 fully saturated rings. The Hall–Kier alpha value is 0.0800. The van der Waals surface area contributed by atoms with Crippen LogP contribution in [-0.2, 0) is 4.79 Å². The van der Waals surface area contributed by atoms with E-state index in [4.69, 9.17) is 0 Å². The third kappa shape index (κ3) is 4.08. The van der Waals surface area contributed by atoms with Crippen molar-refractivity contribution in [2.24, 2.45) is 0 Å². The van der Waals surface area contributed by atoms with Gasteiger partial charge in [-0.05, 0) is 15.9 Å². The van der Waals surface area contributed by atoms with Crippen molar-refractivity contribution >= 4 is 20.6 Å². The van der Waals surface area contributed by atoms with Crippen LogP contribution in [0.1, 0.15) is 0 Å². The van der Waals surface area contributed by atoms with Crippen LogP contribution in [0.5, 0.6) is 0 Å². The van der Waals surface area contributed by atoms with Gasteiger partial charge in [0.25, 0.3) is 0 Å². The molecule has 0 saturated carbocycles. The summed E-state index contributed by atoms with van der Waals surface area (Å²) in [5.41, 5.74) is 0. The van der Waals surface area contributed by atoms with Gasteiger partial charge in [-0.1, -0.05) is 0 Å². The summed E-state index contributed by atoms with van der Waals surface area (Å²) in [6, 6.07) is 0. The zero-order valence-electron chi connectivity index (χ0n) is 2.37. The molecule has 0 aliphatic rings. The van der Waals surface area contributed by atoms with Gasteiger partial charge in [0, 0.05) is 0 Å². The van der Waals surface area contributed by atoms with Crippen LogP contribution in [0.15, 0.2) is 0 Å². The molecule has 0 heterocycles. The Bertz CT molecular complexity index is 44.9. The van der Waals surface area contributed by atoms with Gasteiger partial charge in [-0.3, -0.25) is 4.79 Å². The van der Waals surface area contributed by atoms with E-state index < -0.39 is 11.4 Å². The van der Waals surface area contributed by atoms with Crippen LogP contribution in [0, 0.1) is 0 Å². The average Bonchev–Trinajstić information content (AvgIpc) is 1.38. The summed E-state index contributed by atoms with van der Waals surface area (Å²) in [4.78, 5) is 9.35. The standard InChI is InChI=1S/C2H2BrFO/c3-2(5)1-4/h1H2. The van der Waals surface area contributed by atoms with Crippen molar-refractivity contribution in [1.82, 2.24) is 0 Å². The van der Waals surface area contributed by atoms with Gasteiger partial charge >= 0.3 is 0 Å².